The predicted molar refractivity (Wildman–Crippen MR) is 121 cm³/mol. The van der Waals surface area contributed by atoms with Gasteiger partial charge in [0, 0.05) is 0 Å². The van der Waals surface area contributed by atoms with Crippen molar-refractivity contribution in [1.29, 1.82) is 0 Å². The van der Waals surface area contributed by atoms with Crippen molar-refractivity contribution in [3.63, 3.8) is 0 Å². The molecule has 5 aromatic heterocycles. The molecule has 0 aliphatic heterocycles. The van der Waals surface area contributed by atoms with E-state index in [0.29, 0.717) is 0 Å². The van der Waals surface area contributed by atoms with Crippen LogP contribution in [0, 0.1) is 0 Å². The van der Waals surface area contributed by atoms with Gasteiger partial charge in [0.1, 0.15) is 44.1 Å². The molecule has 36 heavy (non-hydrogen) atoms. The van der Waals surface area contributed by atoms with E-state index in [9.17, 15) is 60.7 Å². The van der Waals surface area contributed by atoms with Gasteiger partial charge >= 0.3 is 0 Å². The Labute approximate surface area is 193 Å². The van der Waals surface area contributed by atoms with E-state index in [1.165, 1.54) is 0 Å². The minimum absolute atomic E-state index is 0.758. The number of aromatic nitrogens is 4. The maximum Gasteiger partial charge on any atom is 0.233 e. The highest BCUT2D eigenvalue weighted by atomic mass is 16.3. The van der Waals surface area contributed by atoms with Gasteiger partial charge in [0.25, 0.3) is 0 Å². The summed E-state index contributed by atoms with van der Waals surface area (Å²) in [4.78, 5) is 34.5. The van der Waals surface area contributed by atoms with E-state index in [2.05, 4.69) is 19.9 Å². The molecule has 5 heterocycles. The highest BCUT2D eigenvalue weighted by molar-refractivity contribution is 5.97. The number of fused-ring (bicyclic) bond motifs is 8. The van der Waals surface area contributed by atoms with Crippen LogP contribution < -0.4 is 10.9 Å². The summed E-state index contributed by atoms with van der Waals surface area (Å²) in [6.45, 7) is 0. The largest absolute Gasteiger partial charge is 0.504 e. The second-order valence-electron chi connectivity index (χ2n) is 7.64. The van der Waals surface area contributed by atoms with E-state index in [1.807, 2.05) is 0 Å². The molecule has 16 heteroatoms. The van der Waals surface area contributed by atoms with Crippen LogP contribution in [0.4, 0.5) is 0 Å². The van der Waals surface area contributed by atoms with Crippen molar-refractivity contribution < 1.29 is 51.1 Å². The Bertz CT molecular complexity index is 1860. The smallest absolute Gasteiger partial charge is 0.233 e. The lowest BCUT2D eigenvalue weighted by atomic mass is 10.3. The molecular weight excluding hydrogens is 488 g/mol. The Morgan fingerprint density at radius 1 is 0.278 bits per heavy atom. The molecule has 5 aromatic rings. The van der Waals surface area contributed by atoms with Crippen LogP contribution in [0.3, 0.4) is 0 Å². The standard InChI is InChI=1S/C20H14N4O12/c25-9-1-13(29)14(30)3(21-1)10(26)4-17(33)18(34)7(23-4)12(28)8-20(36)19(35)6(24-8)11(27)5-16(32)15(31)2(9)22-5/h21-26,29-36H. The molecule has 0 amide bonds. The molecular formula is C20H14N4O12. The topological polar surface area (TPSA) is 300 Å². The van der Waals surface area contributed by atoms with Crippen LogP contribution in [0.1, 0.15) is 0 Å². The lowest BCUT2D eigenvalue weighted by Gasteiger charge is -1.94. The van der Waals surface area contributed by atoms with Gasteiger partial charge in [-0.3, -0.25) is 9.59 Å². The molecule has 16 nitrogen and oxygen atoms in total. The Hall–Kier alpha value is -5.80. The molecule has 0 aliphatic rings. The Morgan fingerprint density at radius 3 is 0.694 bits per heavy atom. The second kappa shape index (κ2) is 6.86. The fraction of sp³-hybridized carbons (Fsp3) is 0. The zero-order chi connectivity index (χ0) is 26.4. The van der Waals surface area contributed by atoms with Crippen LogP contribution in [-0.4, -0.2) is 71.0 Å². The lowest BCUT2D eigenvalue weighted by Crippen LogP contribution is -2.02. The summed E-state index contributed by atoms with van der Waals surface area (Å²) in [5.41, 5.74) is -9.20. The van der Waals surface area contributed by atoms with E-state index in [4.69, 9.17) is 0 Å². The summed E-state index contributed by atoms with van der Waals surface area (Å²) < 4.78 is 0. The summed E-state index contributed by atoms with van der Waals surface area (Å²) in [6, 6.07) is 0. The van der Waals surface area contributed by atoms with Crippen molar-refractivity contribution in [3.05, 3.63) is 20.4 Å². The fourth-order valence-corrected chi connectivity index (χ4v) is 3.76. The molecule has 0 radical (unpaired) electrons. The van der Waals surface area contributed by atoms with Crippen molar-refractivity contribution in [1.82, 2.24) is 19.9 Å². The Kier molecular flexibility index (Phi) is 4.19. The minimum atomic E-state index is -1.33. The van der Waals surface area contributed by atoms with Crippen molar-refractivity contribution in [2.75, 3.05) is 0 Å². The van der Waals surface area contributed by atoms with Gasteiger partial charge in [-0.05, 0) is 0 Å². The Balaban J connectivity index is 2.22. The number of aromatic amines is 4. The first-order chi connectivity index (χ1) is 16.9. The van der Waals surface area contributed by atoms with Gasteiger partial charge in [0.05, 0.1) is 0 Å². The Morgan fingerprint density at radius 2 is 0.444 bits per heavy atom. The average molecular weight is 502 g/mol. The number of hydrogen-bond acceptors (Lipinski definition) is 12. The summed E-state index contributed by atoms with van der Waals surface area (Å²) in [6.07, 6.45) is 0. The summed E-state index contributed by atoms with van der Waals surface area (Å²) >= 11 is 0. The van der Waals surface area contributed by atoms with Gasteiger partial charge in [-0.1, -0.05) is 0 Å². The zero-order valence-electron chi connectivity index (χ0n) is 17.3. The van der Waals surface area contributed by atoms with Crippen molar-refractivity contribution in [2.24, 2.45) is 0 Å². The van der Waals surface area contributed by atoms with Crippen LogP contribution in [0.25, 0.3) is 44.1 Å². The quantitative estimate of drug-likeness (QED) is 0.138. The van der Waals surface area contributed by atoms with Gasteiger partial charge < -0.3 is 71.0 Å². The van der Waals surface area contributed by atoms with Crippen LogP contribution in [-0.2, 0) is 0 Å². The summed E-state index contributed by atoms with van der Waals surface area (Å²) in [7, 11) is 0. The number of H-pyrrole nitrogens is 4. The molecule has 186 valence electrons. The first-order valence-electron chi connectivity index (χ1n) is 9.64. The van der Waals surface area contributed by atoms with Crippen LogP contribution in [0.15, 0.2) is 9.59 Å². The maximum absolute atomic E-state index is 12.9. The van der Waals surface area contributed by atoms with Gasteiger partial charge in [-0.25, -0.2) is 0 Å². The second-order valence-corrected chi connectivity index (χ2v) is 7.64. The van der Waals surface area contributed by atoms with Gasteiger partial charge in [-0.2, -0.15) is 0 Å². The number of hydrogen-bond donors (Lipinski definition) is 14. The van der Waals surface area contributed by atoms with Gasteiger partial charge in [0.15, 0.2) is 57.5 Å². The van der Waals surface area contributed by atoms with E-state index in [1.54, 1.807) is 0 Å². The molecule has 0 atom stereocenters. The normalized spacial score (nSPS) is 11.6. The fourth-order valence-electron chi connectivity index (χ4n) is 3.76. The van der Waals surface area contributed by atoms with Crippen molar-refractivity contribution >= 4 is 44.1 Å². The molecule has 0 saturated carbocycles. The minimum Gasteiger partial charge on any atom is -0.504 e. The molecule has 8 bridgehead atoms. The molecule has 0 fully saturated rings. The van der Waals surface area contributed by atoms with E-state index in [-0.39, 0.29) is 0 Å². The van der Waals surface area contributed by atoms with E-state index < -0.39 is 112 Å². The third-order valence-electron chi connectivity index (χ3n) is 5.65. The maximum atomic E-state index is 12.9. The van der Waals surface area contributed by atoms with Crippen LogP contribution in [0.5, 0.6) is 57.5 Å². The third kappa shape index (κ3) is 2.56. The number of nitrogens with one attached hydrogen (secondary N) is 4. The molecule has 0 saturated heterocycles. The highest BCUT2D eigenvalue weighted by Gasteiger charge is 2.24. The predicted octanol–water partition coefficient (Wildman–Crippen LogP) is 0.513. The van der Waals surface area contributed by atoms with E-state index in [0.717, 1.165) is 0 Å². The molecule has 0 aliphatic carbocycles. The first kappa shape index (κ1) is 22.0. The number of rotatable bonds is 0. The first-order valence-corrected chi connectivity index (χ1v) is 9.64. The van der Waals surface area contributed by atoms with E-state index >= 15 is 0 Å². The van der Waals surface area contributed by atoms with Gasteiger partial charge in [0.2, 0.25) is 10.9 Å². The number of aromatic hydroxyl groups is 10. The highest BCUT2D eigenvalue weighted by Crippen LogP contribution is 2.47. The van der Waals surface area contributed by atoms with Crippen LogP contribution in [0.2, 0.25) is 0 Å². The molecule has 5 rings (SSSR count). The molecule has 0 spiro atoms. The van der Waals surface area contributed by atoms with Crippen molar-refractivity contribution in [2.45, 2.75) is 0 Å². The monoisotopic (exact) mass is 502 g/mol. The summed E-state index contributed by atoms with van der Waals surface area (Å²) in [5.74, 6) is -11.2. The third-order valence-corrected chi connectivity index (χ3v) is 5.65. The lowest BCUT2D eigenvalue weighted by molar-refractivity contribution is 0.406. The molecule has 14 N–H and O–H groups in total. The van der Waals surface area contributed by atoms with Crippen LogP contribution >= 0.6 is 0 Å². The van der Waals surface area contributed by atoms with Crippen molar-refractivity contribution in [3.8, 4) is 57.5 Å². The summed E-state index contributed by atoms with van der Waals surface area (Å²) in [5, 5.41) is 103. The molecule has 0 aromatic carbocycles. The average Bonchev–Trinajstić information content (AvgIpc) is 3.52. The molecule has 0 unspecified atom stereocenters. The zero-order valence-corrected chi connectivity index (χ0v) is 17.3. The van der Waals surface area contributed by atoms with Gasteiger partial charge in [-0.15, -0.1) is 0 Å². The SMILES string of the molecule is O=c1c2[nH]c(c(O)c2O)c(O)c2[nH]c(c(O)c2O)c(O)c2[nH]c(c(O)c2O)c(=O)c2[nH]c1c(O)c2O.